The fourth-order valence-corrected chi connectivity index (χ4v) is 5.13. The molecular formula is C20H26N4O7S2. The molecule has 11 nitrogen and oxygen atoms in total. The third-order valence-corrected chi connectivity index (χ3v) is 6.74. The maximum absolute atomic E-state index is 12.7. The molecule has 0 aromatic carbocycles. The number of esters is 1. The molecule has 2 amide bonds. The molecule has 2 aromatic heterocycles. The summed E-state index contributed by atoms with van der Waals surface area (Å²) >= 11 is 2.20. The molecule has 0 aliphatic carbocycles. The molecule has 0 spiro atoms. The van der Waals surface area contributed by atoms with Gasteiger partial charge in [0.2, 0.25) is 5.91 Å². The SMILES string of the molecule is CCOC(=O)c1c(NC(=O)CSc2c([O-])on[n+]2C)sc2c1CCN(C(=O)OC(C)(C)C)C2. The monoisotopic (exact) mass is 498 g/mol. The minimum Gasteiger partial charge on any atom is -0.538 e. The molecule has 3 heterocycles. The molecule has 0 radical (unpaired) electrons. The third-order valence-electron chi connectivity index (χ3n) is 4.50. The van der Waals surface area contributed by atoms with Crippen molar-refractivity contribution in [1.29, 1.82) is 0 Å². The van der Waals surface area contributed by atoms with Crippen LogP contribution in [-0.4, -0.2) is 52.6 Å². The van der Waals surface area contributed by atoms with Gasteiger partial charge in [-0.15, -0.1) is 11.3 Å². The lowest BCUT2D eigenvalue weighted by atomic mass is 10.0. The molecule has 0 unspecified atom stereocenters. The standard InChI is InChI=1S/C20H26N4O7S2/c1-6-29-17(26)14-11-7-8-24(19(28)30-20(2,3)4)9-12(11)33-15(14)21-13(25)10-32-16-18(27)31-22-23(16)5/h6-10H2,1-5H3,(H-,21,22,25,26,27). The summed E-state index contributed by atoms with van der Waals surface area (Å²) in [7, 11) is 1.54. The molecule has 0 bridgehead atoms. The van der Waals surface area contributed by atoms with E-state index in [9.17, 15) is 19.5 Å². The zero-order valence-corrected chi connectivity index (χ0v) is 20.7. The number of fused-ring (bicyclic) bond motifs is 1. The van der Waals surface area contributed by atoms with E-state index in [2.05, 4.69) is 15.1 Å². The zero-order valence-electron chi connectivity index (χ0n) is 19.1. The highest BCUT2D eigenvalue weighted by molar-refractivity contribution is 7.99. The predicted molar refractivity (Wildman–Crippen MR) is 117 cm³/mol. The van der Waals surface area contributed by atoms with Crippen LogP contribution in [0.25, 0.3) is 0 Å². The van der Waals surface area contributed by atoms with E-state index < -0.39 is 29.5 Å². The summed E-state index contributed by atoms with van der Waals surface area (Å²) in [4.78, 5) is 40.1. The quantitative estimate of drug-likeness (QED) is 0.359. The van der Waals surface area contributed by atoms with E-state index in [4.69, 9.17) is 9.47 Å². The van der Waals surface area contributed by atoms with Crippen LogP contribution in [0.3, 0.4) is 0 Å². The van der Waals surface area contributed by atoms with Gasteiger partial charge < -0.3 is 29.3 Å². The van der Waals surface area contributed by atoms with Crippen LogP contribution in [0.2, 0.25) is 0 Å². The summed E-state index contributed by atoms with van der Waals surface area (Å²) in [6, 6.07) is 0. The number of ether oxygens (including phenoxy) is 2. The number of thioether (sulfide) groups is 1. The molecule has 33 heavy (non-hydrogen) atoms. The number of anilines is 1. The molecule has 2 aromatic rings. The van der Waals surface area contributed by atoms with Crippen LogP contribution >= 0.6 is 23.1 Å². The van der Waals surface area contributed by atoms with Gasteiger partial charge in [-0.25, -0.2) is 9.59 Å². The first-order valence-corrected chi connectivity index (χ1v) is 12.1. The first kappa shape index (κ1) is 24.8. The highest BCUT2D eigenvalue weighted by Gasteiger charge is 2.32. The van der Waals surface area contributed by atoms with E-state index in [1.165, 1.54) is 23.1 Å². The molecule has 1 aliphatic heterocycles. The fourth-order valence-electron chi connectivity index (χ4n) is 3.15. The van der Waals surface area contributed by atoms with Gasteiger partial charge in [-0.3, -0.25) is 4.79 Å². The van der Waals surface area contributed by atoms with Gasteiger partial charge in [-0.05, 0) is 51.4 Å². The van der Waals surface area contributed by atoms with Crippen LogP contribution < -0.4 is 15.1 Å². The smallest absolute Gasteiger partial charge is 0.410 e. The van der Waals surface area contributed by atoms with Crippen molar-refractivity contribution in [2.75, 3.05) is 24.2 Å². The van der Waals surface area contributed by atoms with E-state index in [1.54, 1.807) is 32.6 Å². The van der Waals surface area contributed by atoms with Crippen molar-refractivity contribution in [3.8, 4) is 5.95 Å². The van der Waals surface area contributed by atoms with Gasteiger partial charge in [-0.1, -0.05) is 4.68 Å². The minimum atomic E-state index is -0.628. The first-order valence-electron chi connectivity index (χ1n) is 10.2. The van der Waals surface area contributed by atoms with Crippen molar-refractivity contribution in [2.45, 2.75) is 51.3 Å². The summed E-state index contributed by atoms with van der Waals surface area (Å²) in [5.41, 5.74) is 0.442. The van der Waals surface area contributed by atoms with E-state index in [0.29, 0.717) is 23.5 Å². The number of hydrogen-bond donors (Lipinski definition) is 1. The molecule has 0 fully saturated rings. The Morgan fingerprint density at radius 1 is 1.36 bits per heavy atom. The van der Waals surface area contributed by atoms with Crippen LogP contribution in [0, 0.1) is 0 Å². The molecule has 3 rings (SSSR count). The van der Waals surface area contributed by atoms with Crippen LogP contribution in [0.1, 0.15) is 48.5 Å². The normalized spacial score (nSPS) is 13.4. The van der Waals surface area contributed by atoms with E-state index in [1.807, 2.05) is 0 Å². The number of thiophene rings is 1. The lowest BCUT2D eigenvalue weighted by molar-refractivity contribution is -0.772. The Labute approximate surface area is 199 Å². The lowest BCUT2D eigenvalue weighted by Crippen LogP contribution is -2.39. The topological polar surface area (TPSA) is 138 Å². The van der Waals surface area contributed by atoms with Gasteiger partial charge in [0, 0.05) is 11.4 Å². The van der Waals surface area contributed by atoms with Gasteiger partial charge in [0.05, 0.1) is 29.7 Å². The van der Waals surface area contributed by atoms with E-state index >= 15 is 0 Å². The van der Waals surface area contributed by atoms with Gasteiger partial charge in [-0.2, -0.15) is 0 Å². The third kappa shape index (κ3) is 5.96. The highest BCUT2D eigenvalue weighted by atomic mass is 32.2. The maximum atomic E-state index is 12.7. The molecule has 1 N–H and O–H groups in total. The largest absolute Gasteiger partial charge is 0.538 e. The number of aromatic nitrogens is 2. The van der Waals surface area contributed by atoms with Crippen molar-refractivity contribution < 1.29 is 38.2 Å². The summed E-state index contributed by atoms with van der Waals surface area (Å²) < 4.78 is 16.5. The second-order valence-electron chi connectivity index (χ2n) is 8.21. The molecule has 180 valence electrons. The van der Waals surface area contributed by atoms with Crippen LogP contribution in [0.4, 0.5) is 9.80 Å². The Hall–Kier alpha value is -2.80. The van der Waals surface area contributed by atoms with Gasteiger partial charge in [0.1, 0.15) is 10.6 Å². The van der Waals surface area contributed by atoms with Crippen LogP contribution in [0.15, 0.2) is 9.55 Å². The molecular weight excluding hydrogens is 472 g/mol. The Bertz CT molecular complexity index is 1040. The number of rotatable bonds is 6. The van der Waals surface area contributed by atoms with Crippen LogP contribution in [-0.2, 0) is 34.3 Å². The number of nitrogens with one attached hydrogen (secondary N) is 1. The zero-order chi connectivity index (χ0) is 24.3. The Balaban J connectivity index is 1.78. The molecule has 13 heteroatoms. The van der Waals surface area contributed by atoms with Gasteiger partial charge >= 0.3 is 12.1 Å². The van der Waals surface area contributed by atoms with Crippen LogP contribution in [0.5, 0.6) is 5.95 Å². The number of carbonyl (C=O) groups is 3. The highest BCUT2D eigenvalue weighted by Crippen LogP contribution is 2.38. The Morgan fingerprint density at radius 3 is 2.70 bits per heavy atom. The number of carbonyl (C=O) groups excluding carboxylic acids is 3. The predicted octanol–water partition coefficient (Wildman–Crippen LogP) is 1.83. The number of nitrogens with zero attached hydrogens (tertiary/aromatic N) is 3. The summed E-state index contributed by atoms with van der Waals surface area (Å²) in [5.74, 6) is -1.65. The van der Waals surface area contributed by atoms with Crippen molar-refractivity contribution in [3.05, 3.63) is 16.0 Å². The van der Waals surface area contributed by atoms with E-state index in [0.717, 1.165) is 22.2 Å². The summed E-state index contributed by atoms with van der Waals surface area (Å²) in [6.07, 6.45) is -0.00358. The molecule has 1 aliphatic rings. The second-order valence-corrected chi connectivity index (χ2v) is 10.3. The molecule has 0 saturated heterocycles. The van der Waals surface area contributed by atoms with E-state index in [-0.39, 0.29) is 23.9 Å². The lowest BCUT2D eigenvalue weighted by Gasteiger charge is -2.30. The maximum Gasteiger partial charge on any atom is 0.410 e. The Kier molecular flexibility index (Phi) is 7.52. The number of hydrogen-bond acceptors (Lipinski definition) is 10. The fraction of sp³-hybridized carbons (Fsp3) is 0.550. The summed E-state index contributed by atoms with van der Waals surface area (Å²) in [5, 5.41) is 18.4. The van der Waals surface area contributed by atoms with Crippen molar-refractivity contribution in [2.24, 2.45) is 7.05 Å². The minimum absolute atomic E-state index is 0.0842. The second kappa shape index (κ2) is 10.00. The van der Waals surface area contributed by atoms with Gasteiger partial charge in [0.15, 0.2) is 13.0 Å². The Morgan fingerprint density at radius 2 is 2.09 bits per heavy atom. The first-order chi connectivity index (χ1) is 15.5. The average Bonchev–Trinajstić information content (AvgIpc) is 3.23. The molecule has 0 saturated carbocycles. The van der Waals surface area contributed by atoms with Crippen molar-refractivity contribution in [3.63, 3.8) is 0 Å². The average molecular weight is 499 g/mol. The van der Waals surface area contributed by atoms with Crippen molar-refractivity contribution >= 4 is 46.1 Å². The summed E-state index contributed by atoms with van der Waals surface area (Å²) in [6.45, 7) is 7.93. The van der Waals surface area contributed by atoms with Gasteiger partial charge in [0.25, 0.3) is 5.03 Å². The number of aryl methyl sites for hydroxylation is 1. The number of amides is 2. The molecule has 0 atom stereocenters. The van der Waals surface area contributed by atoms with Crippen molar-refractivity contribution in [1.82, 2.24) is 10.2 Å².